The minimum absolute atomic E-state index is 0.506. The summed E-state index contributed by atoms with van der Waals surface area (Å²) in [4.78, 5) is 0. The van der Waals surface area contributed by atoms with Crippen molar-refractivity contribution in [3.05, 3.63) is 48.5 Å². The molecule has 2 aromatic rings. The molecule has 0 aliphatic carbocycles. The second-order valence-corrected chi connectivity index (χ2v) is 10.5. The molecule has 36 heavy (non-hydrogen) atoms. The number of benzene rings is 2. The van der Waals surface area contributed by atoms with Crippen molar-refractivity contribution in [1.82, 2.24) is 0 Å². The normalized spacial score (nSPS) is 12.0. The maximum Gasteiger partial charge on any atom is 0.488 e. The zero-order valence-electron chi connectivity index (χ0n) is 23.1. The van der Waals surface area contributed by atoms with E-state index in [4.69, 9.17) is 4.74 Å². The van der Waals surface area contributed by atoms with Gasteiger partial charge in [0.25, 0.3) is 0 Å². The first-order valence-electron chi connectivity index (χ1n) is 14.8. The van der Waals surface area contributed by atoms with E-state index in [1.165, 1.54) is 103 Å². The Morgan fingerprint density at radius 2 is 1.00 bits per heavy atom. The van der Waals surface area contributed by atoms with E-state index < -0.39 is 7.12 Å². The minimum atomic E-state index is -1.43. The van der Waals surface area contributed by atoms with Crippen molar-refractivity contribution >= 4 is 12.6 Å². The van der Waals surface area contributed by atoms with Crippen molar-refractivity contribution in [2.45, 2.75) is 117 Å². The molecule has 3 nitrogen and oxygen atoms in total. The van der Waals surface area contributed by atoms with Crippen molar-refractivity contribution in [3.8, 4) is 16.9 Å². The Balaban J connectivity index is 1.79. The van der Waals surface area contributed by atoms with Crippen LogP contribution in [-0.4, -0.2) is 23.8 Å². The first-order valence-corrected chi connectivity index (χ1v) is 14.8. The van der Waals surface area contributed by atoms with Gasteiger partial charge in [0, 0.05) is 0 Å². The number of hydrogen-bond donors (Lipinski definition) is 2. The van der Waals surface area contributed by atoms with Crippen molar-refractivity contribution in [3.63, 3.8) is 0 Å². The molecule has 2 aromatic carbocycles. The molecule has 0 saturated carbocycles. The average molecular weight is 495 g/mol. The van der Waals surface area contributed by atoms with E-state index in [2.05, 4.69) is 38.1 Å². The van der Waals surface area contributed by atoms with Gasteiger partial charge in [-0.15, -0.1) is 0 Å². The molecule has 1 unspecified atom stereocenters. The Morgan fingerprint density at radius 1 is 0.583 bits per heavy atom. The van der Waals surface area contributed by atoms with Gasteiger partial charge < -0.3 is 14.8 Å². The summed E-state index contributed by atoms with van der Waals surface area (Å²) < 4.78 is 6.26. The van der Waals surface area contributed by atoms with E-state index in [1.54, 1.807) is 12.1 Å². The van der Waals surface area contributed by atoms with E-state index in [-0.39, 0.29) is 0 Å². The Bertz CT molecular complexity index is 773. The van der Waals surface area contributed by atoms with Gasteiger partial charge in [-0.25, -0.2) is 0 Å². The molecule has 0 heterocycles. The molecule has 0 bridgehead atoms. The van der Waals surface area contributed by atoms with Crippen LogP contribution in [0.4, 0.5) is 0 Å². The third-order valence-corrected chi connectivity index (χ3v) is 7.31. The number of unbranched alkanes of at least 4 members (excludes halogenated alkanes) is 12. The van der Waals surface area contributed by atoms with Gasteiger partial charge in [-0.2, -0.15) is 0 Å². The molecule has 0 aliphatic heterocycles. The highest BCUT2D eigenvalue weighted by molar-refractivity contribution is 6.58. The van der Waals surface area contributed by atoms with E-state index in [0.29, 0.717) is 11.4 Å². The minimum Gasteiger partial charge on any atom is -0.493 e. The molecule has 4 heteroatoms. The van der Waals surface area contributed by atoms with Gasteiger partial charge in [0.15, 0.2) is 0 Å². The Labute approximate surface area is 221 Å². The topological polar surface area (TPSA) is 49.7 Å². The summed E-state index contributed by atoms with van der Waals surface area (Å²) in [5.41, 5.74) is 2.66. The molecule has 0 saturated heterocycles. The van der Waals surface area contributed by atoms with Crippen molar-refractivity contribution in [2.24, 2.45) is 5.92 Å². The summed E-state index contributed by atoms with van der Waals surface area (Å²) >= 11 is 0. The van der Waals surface area contributed by atoms with Crippen LogP contribution in [0.5, 0.6) is 5.75 Å². The lowest BCUT2D eigenvalue weighted by Gasteiger charge is -2.18. The van der Waals surface area contributed by atoms with Gasteiger partial charge in [0.1, 0.15) is 5.75 Å². The van der Waals surface area contributed by atoms with Gasteiger partial charge in [-0.05, 0) is 47.5 Å². The molecule has 200 valence electrons. The average Bonchev–Trinajstić information content (AvgIpc) is 2.90. The second kappa shape index (κ2) is 19.4. The van der Waals surface area contributed by atoms with E-state index in [9.17, 15) is 10.0 Å². The first-order chi connectivity index (χ1) is 17.6. The van der Waals surface area contributed by atoms with E-state index in [1.807, 2.05) is 12.1 Å². The second-order valence-electron chi connectivity index (χ2n) is 10.5. The van der Waals surface area contributed by atoms with Crippen LogP contribution in [0.15, 0.2) is 48.5 Å². The number of ether oxygens (including phenoxy) is 1. The van der Waals surface area contributed by atoms with Crippen LogP contribution in [-0.2, 0) is 0 Å². The van der Waals surface area contributed by atoms with Crippen LogP contribution < -0.4 is 10.2 Å². The summed E-state index contributed by atoms with van der Waals surface area (Å²) in [7, 11) is -1.43. The molecular formula is C32H51BO3. The predicted octanol–water partition coefficient (Wildman–Crippen LogP) is 8.31. The molecule has 0 radical (unpaired) electrons. The maximum atomic E-state index is 9.29. The summed E-state index contributed by atoms with van der Waals surface area (Å²) in [5.74, 6) is 1.58. The first kappa shape index (κ1) is 30.4. The van der Waals surface area contributed by atoms with Gasteiger partial charge in [0.05, 0.1) is 6.61 Å². The molecule has 0 amide bonds. The van der Waals surface area contributed by atoms with Crippen molar-refractivity contribution in [1.29, 1.82) is 0 Å². The smallest absolute Gasteiger partial charge is 0.488 e. The van der Waals surface area contributed by atoms with Crippen LogP contribution in [0, 0.1) is 5.92 Å². The van der Waals surface area contributed by atoms with Gasteiger partial charge in [-0.3, -0.25) is 0 Å². The SMILES string of the molecule is CCCCCCCCCCC(CCCCCCCC)COc1ccc(-c2ccc(B(O)O)cc2)cc1. The number of hydrogen-bond acceptors (Lipinski definition) is 3. The monoisotopic (exact) mass is 494 g/mol. The fourth-order valence-electron chi connectivity index (χ4n) is 4.90. The fourth-order valence-corrected chi connectivity index (χ4v) is 4.90. The zero-order chi connectivity index (χ0) is 25.8. The standard InChI is InChI=1S/C32H51BO3/c1-3-5-7-9-11-12-14-16-18-28(17-15-13-10-8-6-4-2)27-36-32-25-21-30(22-26-32)29-19-23-31(24-20-29)33(34)35/h19-26,28,34-35H,3-18,27H2,1-2H3. The molecule has 0 spiro atoms. The lowest BCUT2D eigenvalue weighted by molar-refractivity contribution is 0.224. The molecular weight excluding hydrogens is 443 g/mol. The fraction of sp³-hybridized carbons (Fsp3) is 0.625. The van der Waals surface area contributed by atoms with Crippen molar-refractivity contribution in [2.75, 3.05) is 6.61 Å². The molecule has 0 aliphatic rings. The molecule has 2 rings (SSSR count). The lowest BCUT2D eigenvalue weighted by atomic mass is 9.80. The summed E-state index contributed by atoms with van der Waals surface area (Å²) in [6.45, 7) is 5.38. The van der Waals surface area contributed by atoms with Gasteiger partial charge >= 0.3 is 7.12 Å². The highest BCUT2D eigenvalue weighted by atomic mass is 16.5. The quantitative estimate of drug-likeness (QED) is 0.136. The maximum absolute atomic E-state index is 9.29. The lowest BCUT2D eigenvalue weighted by Crippen LogP contribution is -2.29. The predicted molar refractivity (Wildman–Crippen MR) is 156 cm³/mol. The van der Waals surface area contributed by atoms with Gasteiger partial charge in [-0.1, -0.05) is 140 Å². The largest absolute Gasteiger partial charge is 0.493 e. The number of rotatable bonds is 21. The summed E-state index contributed by atoms with van der Waals surface area (Å²) in [6, 6.07) is 15.6. The van der Waals surface area contributed by atoms with Crippen LogP contribution in [0.25, 0.3) is 11.1 Å². The van der Waals surface area contributed by atoms with Crippen LogP contribution in [0.2, 0.25) is 0 Å². The third-order valence-electron chi connectivity index (χ3n) is 7.31. The Kier molecular flexibility index (Phi) is 16.4. The molecule has 2 N–H and O–H groups in total. The summed E-state index contributed by atoms with van der Waals surface area (Å²) in [6.07, 6.45) is 21.7. The Hall–Kier alpha value is -1.78. The van der Waals surface area contributed by atoms with E-state index >= 15 is 0 Å². The zero-order valence-corrected chi connectivity index (χ0v) is 23.1. The van der Waals surface area contributed by atoms with E-state index in [0.717, 1.165) is 23.5 Å². The van der Waals surface area contributed by atoms with Crippen LogP contribution in [0.1, 0.15) is 117 Å². The highest BCUT2D eigenvalue weighted by Crippen LogP contribution is 2.24. The van der Waals surface area contributed by atoms with Crippen LogP contribution >= 0.6 is 0 Å². The molecule has 0 aromatic heterocycles. The molecule has 0 fully saturated rings. The Morgan fingerprint density at radius 3 is 1.44 bits per heavy atom. The highest BCUT2D eigenvalue weighted by Gasteiger charge is 2.12. The summed E-state index contributed by atoms with van der Waals surface area (Å²) in [5, 5.41) is 18.6. The van der Waals surface area contributed by atoms with Crippen molar-refractivity contribution < 1.29 is 14.8 Å². The molecule has 1 atom stereocenters. The van der Waals surface area contributed by atoms with Gasteiger partial charge in [0.2, 0.25) is 0 Å². The van der Waals surface area contributed by atoms with Crippen LogP contribution in [0.3, 0.4) is 0 Å². The third kappa shape index (κ3) is 13.0.